The molecule has 0 spiro atoms. The molecule has 0 bridgehead atoms. The summed E-state index contributed by atoms with van der Waals surface area (Å²) in [6, 6.07) is 4.06. The number of thiophene rings is 1. The Balaban J connectivity index is 1.54. The van der Waals surface area contributed by atoms with Gasteiger partial charge >= 0.3 is 0 Å². The number of nitrogens with zero attached hydrogens (tertiary/aromatic N) is 2. The summed E-state index contributed by atoms with van der Waals surface area (Å²) in [6.07, 6.45) is 4.16. The summed E-state index contributed by atoms with van der Waals surface area (Å²) in [5.41, 5.74) is 1.14. The number of nitrogens with one attached hydrogen (secondary N) is 1. The number of amides is 1. The number of fused-ring (bicyclic) bond motifs is 3. The standard InChI is InChI=1S/C19H17ClFN3O2S2/c1-24-18(26)16-11-4-2-3-5-14(11)28-17(16)23-19(24)27-9-15(25)22-13-7-6-10(20)8-12(13)21/h6-8H,2-5,9H2,1H3,(H,22,25). The minimum absolute atomic E-state index is 0.0128. The number of aromatic nitrogens is 2. The summed E-state index contributed by atoms with van der Waals surface area (Å²) in [7, 11) is 1.67. The maximum absolute atomic E-state index is 13.8. The number of anilines is 1. The van der Waals surface area contributed by atoms with Gasteiger partial charge in [0.2, 0.25) is 5.91 Å². The van der Waals surface area contributed by atoms with Gasteiger partial charge in [-0.15, -0.1) is 11.3 Å². The highest BCUT2D eigenvalue weighted by Crippen LogP contribution is 2.34. The molecule has 0 unspecified atom stereocenters. The van der Waals surface area contributed by atoms with Gasteiger partial charge in [0.25, 0.3) is 5.56 Å². The lowest BCUT2D eigenvalue weighted by molar-refractivity contribution is -0.113. The Bertz CT molecular complexity index is 1140. The predicted octanol–water partition coefficient (Wildman–Crippen LogP) is 4.40. The van der Waals surface area contributed by atoms with Crippen molar-refractivity contribution in [3.63, 3.8) is 0 Å². The molecule has 146 valence electrons. The fourth-order valence-electron chi connectivity index (χ4n) is 3.30. The first-order chi connectivity index (χ1) is 13.4. The third-order valence-electron chi connectivity index (χ3n) is 4.69. The van der Waals surface area contributed by atoms with Crippen LogP contribution >= 0.6 is 34.7 Å². The van der Waals surface area contributed by atoms with Crippen molar-refractivity contribution in [1.82, 2.24) is 9.55 Å². The Morgan fingerprint density at radius 1 is 1.39 bits per heavy atom. The third-order valence-corrected chi connectivity index (χ3v) is 7.14. The van der Waals surface area contributed by atoms with Crippen molar-refractivity contribution in [1.29, 1.82) is 0 Å². The van der Waals surface area contributed by atoms with Gasteiger partial charge in [-0.1, -0.05) is 23.4 Å². The van der Waals surface area contributed by atoms with Crippen LogP contribution in [0.3, 0.4) is 0 Å². The number of hydrogen-bond acceptors (Lipinski definition) is 5. The van der Waals surface area contributed by atoms with Crippen LogP contribution in [0.15, 0.2) is 28.2 Å². The monoisotopic (exact) mass is 437 g/mol. The molecule has 2 heterocycles. The maximum atomic E-state index is 13.8. The molecule has 4 rings (SSSR count). The fourth-order valence-corrected chi connectivity index (χ4v) is 5.54. The van der Waals surface area contributed by atoms with E-state index in [0.717, 1.165) is 59.3 Å². The van der Waals surface area contributed by atoms with Crippen LogP contribution in [-0.2, 0) is 24.7 Å². The number of rotatable bonds is 4. The zero-order valence-electron chi connectivity index (χ0n) is 15.1. The summed E-state index contributed by atoms with van der Waals surface area (Å²) in [5.74, 6) is -0.966. The van der Waals surface area contributed by atoms with Crippen LogP contribution in [-0.4, -0.2) is 21.2 Å². The molecule has 0 fully saturated rings. The highest BCUT2D eigenvalue weighted by atomic mass is 35.5. The molecule has 1 N–H and O–H groups in total. The topological polar surface area (TPSA) is 64.0 Å². The van der Waals surface area contributed by atoms with Gasteiger partial charge in [-0.05, 0) is 49.4 Å². The summed E-state index contributed by atoms with van der Waals surface area (Å²) in [5, 5.41) is 3.97. The summed E-state index contributed by atoms with van der Waals surface area (Å²) >= 11 is 8.45. The highest BCUT2D eigenvalue weighted by Gasteiger charge is 2.21. The van der Waals surface area contributed by atoms with Crippen molar-refractivity contribution in [2.24, 2.45) is 7.05 Å². The lowest BCUT2D eigenvalue weighted by Gasteiger charge is -2.11. The van der Waals surface area contributed by atoms with Crippen molar-refractivity contribution in [2.75, 3.05) is 11.1 Å². The summed E-state index contributed by atoms with van der Waals surface area (Å²) < 4.78 is 15.3. The smallest absolute Gasteiger partial charge is 0.262 e. The van der Waals surface area contributed by atoms with Crippen LogP contribution in [0.4, 0.5) is 10.1 Å². The molecular weight excluding hydrogens is 421 g/mol. The molecule has 0 radical (unpaired) electrons. The molecule has 9 heteroatoms. The van der Waals surface area contributed by atoms with E-state index >= 15 is 0 Å². The van der Waals surface area contributed by atoms with E-state index in [-0.39, 0.29) is 27.9 Å². The molecule has 1 aromatic carbocycles. The van der Waals surface area contributed by atoms with Crippen LogP contribution in [0.25, 0.3) is 10.2 Å². The van der Waals surface area contributed by atoms with E-state index in [1.807, 2.05) is 0 Å². The Kier molecular flexibility index (Phi) is 5.44. The van der Waals surface area contributed by atoms with Crippen molar-refractivity contribution in [3.8, 4) is 0 Å². The molecule has 3 aromatic rings. The van der Waals surface area contributed by atoms with Gasteiger partial charge in [0.05, 0.1) is 16.8 Å². The van der Waals surface area contributed by atoms with Crippen molar-refractivity contribution >= 4 is 56.5 Å². The first-order valence-electron chi connectivity index (χ1n) is 8.83. The van der Waals surface area contributed by atoms with Crippen molar-refractivity contribution < 1.29 is 9.18 Å². The SMILES string of the molecule is Cn1c(SCC(=O)Nc2ccc(Cl)cc2F)nc2sc3c(c2c1=O)CCCC3. The first-order valence-corrected chi connectivity index (χ1v) is 11.0. The summed E-state index contributed by atoms with van der Waals surface area (Å²) in [4.78, 5) is 31.7. The number of carbonyl (C=O) groups is 1. The molecule has 0 saturated carbocycles. The zero-order chi connectivity index (χ0) is 19.8. The molecular formula is C19H17ClFN3O2S2. The predicted molar refractivity (Wildman–Crippen MR) is 112 cm³/mol. The normalized spacial score (nSPS) is 13.5. The molecule has 1 aliphatic rings. The first kappa shape index (κ1) is 19.4. The van der Waals surface area contributed by atoms with Gasteiger partial charge in [0, 0.05) is 16.9 Å². The van der Waals surface area contributed by atoms with Crippen LogP contribution in [0.5, 0.6) is 0 Å². The van der Waals surface area contributed by atoms with Crippen LogP contribution < -0.4 is 10.9 Å². The Morgan fingerprint density at radius 3 is 2.96 bits per heavy atom. The van der Waals surface area contributed by atoms with E-state index in [1.54, 1.807) is 18.4 Å². The number of carbonyl (C=O) groups excluding carboxylic acids is 1. The molecule has 0 aliphatic heterocycles. The molecule has 1 amide bonds. The number of halogens is 2. The summed E-state index contributed by atoms with van der Waals surface area (Å²) in [6.45, 7) is 0. The number of thioether (sulfide) groups is 1. The van der Waals surface area contributed by atoms with Gasteiger partial charge in [-0.3, -0.25) is 14.2 Å². The minimum Gasteiger partial charge on any atom is -0.323 e. The van der Waals surface area contributed by atoms with E-state index in [0.29, 0.717) is 5.16 Å². The molecule has 1 aliphatic carbocycles. The third kappa shape index (κ3) is 3.68. The van der Waals surface area contributed by atoms with Gasteiger partial charge < -0.3 is 5.32 Å². The van der Waals surface area contributed by atoms with Gasteiger partial charge in [0.15, 0.2) is 5.16 Å². The second-order valence-corrected chi connectivity index (χ2v) is 9.07. The number of aryl methyl sites for hydroxylation is 2. The number of hydrogen-bond donors (Lipinski definition) is 1. The van der Waals surface area contributed by atoms with Crippen LogP contribution in [0.1, 0.15) is 23.3 Å². The Hall–Kier alpha value is -1.90. The molecule has 0 atom stereocenters. The average molecular weight is 438 g/mol. The largest absolute Gasteiger partial charge is 0.323 e. The van der Waals surface area contributed by atoms with Gasteiger partial charge in [0.1, 0.15) is 10.6 Å². The molecule has 0 saturated heterocycles. The molecule has 5 nitrogen and oxygen atoms in total. The van der Waals surface area contributed by atoms with Crippen LogP contribution in [0.2, 0.25) is 5.02 Å². The fraction of sp³-hybridized carbons (Fsp3) is 0.316. The lowest BCUT2D eigenvalue weighted by Crippen LogP contribution is -2.22. The van der Waals surface area contributed by atoms with E-state index in [1.165, 1.54) is 21.6 Å². The Morgan fingerprint density at radius 2 is 2.18 bits per heavy atom. The van der Waals surface area contributed by atoms with E-state index in [2.05, 4.69) is 10.3 Å². The van der Waals surface area contributed by atoms with Gasteiger partial charge in [-0.25, -0.2) is 9.37 Å². The molecule has 28 heavy (non-hydrogen) atoms. The Labute approximate surface area is 173 Å². The van der Waals surface area contributed by atoms with E-state index < -0.39 is 5.82 Å². The number of benzene rings is 1. The lowest BCUT2D eigenvalue weighted by atomic mass is 9.97. The van der Waals surface area contributed by atoms with E-state index in [9.17, 15) is 14.0 Å². The second kappa shape index (κ2) is 7.85. The molecule has 2 aromatic heterocycles. The quantitative estimate of drug-likeness (QED) is 0.485. The maximum Gasteiger partial charge on any atom is 0.262 e. The average Bonchev–Trinajstić information content (AvgIpc) is 3.04. The van der Waals surface area contributed by atoms with E-state index in [4.69, 9.17) is 11.6 Å². The highest BCUT2D eigenvalue weighted by molar-refractivity contribution is 7.99. The minimum atomic E-state index is -0.595. The zero-order valence-corrected chi connectivity index (χ0v) is 17.4. The van der Waals surface area contributed by atoms with Crippen LogP contribution in [0, 0.1) is 5.82 Å². The van der Waals surface area contributed by atoms with Crippen molar-refractivity contribution in [3.05, 3.63) is 49.8 Å². The second-order valence-electron chi connectivity index (χ2n) is 6.61. The van der Waals surface area contributed by atoms with Crippen molar-refractivity contribution in [2.45, 2.75) is 30.8 Å². The van der Waals surface area contributed by atoms with Gasteiger partial charge in [-0.2, -0.15) is 0 Å².